The van der Waals surface area contributed by atoms with Gasteiger partial charge in [0.1, 0.15) is 0 Å². The number of amides is 4. The Bertz CT molecular complexity index is 701. The van der Waals surface area contributed by atoms with Gasteiger partial charge < -0.3 is 26.8 Å². The highest BCUT2D eigenvalue weighted by atomic mass is 16.4. The molecule has 0 unspecified atom stereocenters. The van der Waals surface area contributed by atoms with Crippen molar-refractivity contribution in [2.45, 2.75) is 33.1 Å². The molecule has 1 aromatic rings. The Kier molecular flexibility index (Phi) is 8.25. The van der Waals surface area contributed by atoms with Crippen molar-refractivity contribution in [3.63, 3.8) is 0 Å². The van der Waals surface area contributed by atoms with Gasteiger partial charge in [-0.25, -0.2) is 4.79 Å². The summed E-state index contributed by atoms with van der Waals surface area (Å²) in [7, 11) is 0. The number of nitrogens with two attached hydrogens (primary N) is 1. The topological polar surface area (TPSA) is 151 Å². The summed E-state index contributed by atoms with van der Waals surface area (Å²) in [4.78, 5) is 46.2. The Hall–Kier alpha value is -3.10. The molecular formula is C18H26N4O5. The lowest BCUT2D eigenvalue weighted by atomic mass is 9.82. The lowest BCUT2D eigenvalue weighted by Gasteiger charge is -2.26. The van der Waals surface area contributed by atoms with Crippen LogP contribution in [-0.2, 0) is 9.59 Å². The van der Waals surface area contributed by atoms with E-state index < -0.39 is 29.2 Å². The summed E-state index contributed by atoms with van der Waals surface area (Å²) in [5, 5.41) is 17.1. The van der Waals surface area contributed by atoms with Crippen molar-refractivity contribution in [1.82, 2.24) is 10.6 Å². The molecule has 0 aliphatic heterocycles. The molecule has 148 valence electrons. The maximum atomic E-state index is 12.1. The Balaban J connectivity index is 2.66. The first kappa shape index (κ1) is 21.9. The van der Waals surface area contributed by atoms with E-state index in [1.807, 2.05) is 0 Å². The maximum absolute atomic E-state index is 12.1. The fourth-order valence-corrected chi connectivity index (χ4v) is 2.44. The van der Waals surface area contributed by atoms with Crippen LogP contribution in [0.3, 0.4) is 0 Å². The zero-order valence-corrected chi connectivity index (χ0v) is 15.5. The van der Waals surface area contributed by atoms with Gasteiger partial charge in [-0.3, -0.25) is 14.4 Å². The van der Waals surface area contributed by atoms with Gasteiger partial charge in [0.2, 0.25) is 5.91 Å². The number of primary amides is 1. The fraction of sp³-hybridized carbons (Fsp3) is 0.444. The lowest BCUT2D eigenvalue weighted by molar-refractivity contribution is -0.149. The Morgan fingerprint density at radius 1 is 1.11 bits per heavy atom. The second-order valence-electron chi connectivity index (χ2n) is 6.15. The van der Waals surface area contributed by atoms with Gasteiger partial charge in [0.05, 0.1) is 5.41 Å². The number of hydrogen-bond donors (Lipinski definition) is 5. The van der Waals surface area contributed by atoms with Crippen LogP contribution in [0.5, 0.6) is 0 Å². The number of nitrogens with one attached hydrogen (secondary N) is 3. The molecule has 4 amide bonds. The van der Waals surface area contributed by atoms with Crippen LogP contribution in [-0.4, -0.2) is 42.0 Å². The fourth-order valence-electron chi connectivity index (χ4n) is 2.44. The molecule has 0 spiro atoms. The van der Waals surface area contributed by atoms with Crippen LogP contribution in [0.4, 0.5) is 10.5 Å². The van der Waals surface area contributed by atoms with E-state index in [1.165, 1.54) is 6.07 Å². The van der Waals surface area contributed by atoms with Gasteiger partial charge in [0.25, 0.3) is 5.91 Å². The lowest BCUT2D eigenvalue weighted by Crippen LogP contribution is -2.43. The minimum absolute atomic E-state index is 0.00550. The first-order valence-electron chi connectivity index (χ1n) is 8.69. The number of hydrogen-bond acceptors (Lipinski definition) is 4. The van der Waals surface area contributed by atoms with Crippen molar-refractivity contribution in [2.24, 2.45) is 11.1 Å². The minimum atomic E-state index is -1.01. The Labute approximate surface area is 157 Å². The highest BCUT2D eigenvalue weighted by Crippen LogP contribution is 2.25. The molecular weight excluding hydrogens is 352 g/mol. The summed E-state index contributed by atoms with van der Waals surface area (Å²) >= 11 is 0. The molecule has 0 atom stereocenters. The number of carboxylic acid groups (broad SMARTS) is 1. The molecule has 27 heavy (non-hydrogen) atoms. The monoisotopic (exact) mass is 378 g/mol. The van der Waals surface area contributed by atoms with E-state index in [-0.39, 0.29) is 19.5 Å². The standard InChI is InChI=1S/C18H26N4O5/c1-3-18(4-2,16(25)26)11-21-17(27)22-13-7-5-6-12(10-13)15(24)20-9-8-14(19)23/h5-7,10H,3-4,8-9,11H2,1-2H3,(H2,19,23)(H,20,24)(H,25,26)(H2,21,22,27). The van der Waals surface area contributed by atoms with Crippen molar-refractivity contribution in [3.8, 4) is 0 Å². The van der Waals surface area contributed by atoms with Gasteiger partial charge in [0.15, 0.2) is 0 Å². The van der Waals surface area contributed by atoms with Crippen LogP contribution in [0, 0.1) is 5.41 Å². The molecule has 0 radical (unpaired) electrons. The van der Waals surface area contributed by atoms with Gasteiger partial charge in [0, 0.05) is 30.8 Å². The summed E-state index contributed by atoms with van der Waals surface area (Å²) in [5.41, 5.74) is 4.68. The highest BCUT2D eigenvalue weighted by Gasteiger charge is 2.35. The van der Waals surface area contributed by atoms with E-state index in [2.05, 4.69) is 16.0 Å². The summed E-state index contributed by atoms with van der Waals surface area (Å²) in [6, 6.07) is 5.67. The van der Waals surface area contributed by atoms with Crippen molar-refractivity contribution in [1.29, 1.82) is 0 Å². The number of urea groups is 1. The highest BCUT2D eigenvalue weighted by molar-refractivity contribution is 5.97. The summed E-state index contributed by atoms with van der Waals surface area (Å²) in [5.74, 6) is -1.87. The molecule has 0 aliphatic carbocycles. The van der Waals surface area contributed by atoms with Gasteiger partial charge in [-0.05, 0) is 31.0 Å². The number of carbonyl (C=O) groups is 4. The Morgan fingerprint density at radius 3 is 2.33 bits per heavy atom. The molecule has 9 nitrogen and oxygen atoms in total. The second-order valence-corrected chi connectivity index (χ2v) is 6.15. The molecule has 0 bridgehead atoms. The molecule has 1 rings (SSSR count). The molecule has 6 N–H and O–H groups in total. The van der Waals surface area contributed by atoms with E-state index in [0.717, 1.165) is 0 Å². The normalized spacial score (nSPS) is 10.7. The number of carbonyl (C=O) groups excluding carboxylic acids is 3. The molecule has 0 aliphatic rings. The van der Waals surface area contributed by atoms with E-state index in [9.17, 15) is 24.3 Å². The van der Waals surface area contributed by atoms with E-state index in [4.69, 9.17) is 5.73 Å². The molecule has 0 heterocycles. The number of anilines is 1. The largest absolute Gasteiger partial charge is 0.481 e. The van der Waals surface area contributed by atoms with Crippen molar-refractivity contribution in [2.75, 3.05) is 18.4 Å². The smallest absolute Gasteiger partial charge is 0.319 e. The van der Waals surface area contributed by atoms with Gasteiger partial charge >= 0.3 is 12.0 Å². The third-order valence-corrected chi connectivity index (χ3v) is 4.43. The van der Waals surface area contributed by atoms with Crippen molar-refractivity contribution in [3.05, 3.63) is 29.8 Å². The van der Waals surface area contributed by atoms with Crippen molar-refractivity contribution < 1.29 is 24.3 Å². The van der Waals surface area contributed by atoms with Crippen LogP contribution in [0.1, 0.15) is 43.5 Å². The quantitative estimate of drug-likeness (QED) is 0.416. The number of aliphatic carboxylic acids is 1. The summed E-state index contributed by atoms with van der Waals surface area (Å²) < 4.78 is 0. The molecule has 9 heteroatoms. The summed E-state index contributed by atoms with van der Waals surface area (Å²) in [6.45, 7) is 3.64. The molecule has 1 aromatic carbocycles. The van der Waals surface area contributed by atoms with E-state index >= 15 is 0 Å². The van der Waals surface area contributed by atoms with Crippen LogP contribution in [0.25, 0.3) is 0 Å². The van der Waals surface area contributed by atoms with Crippen molar-refractivity contribution >= 4 is 29.5 Å². The SMILES string of the molecule is CCC(CC)(CNC(=O)Nc1cccc(C(=O)NCCC(N)=O)c1)C(=O)O. The zero-order valence-electron chi connectivity index (χ0n) is 15.5. The van der Waals surface area contributed by atoms with Gasteiger partial charge in [-0.1, -0.05) is 19.9 Å². The Morgan fingerprint density at radius 2 is 1.78 bits per heavy atom. The van der Waals surface area contributed by atoms with Gasteiger partial charge in [-0.2, -0.15) is 0 Å². The predicted octanol–water partition coefficient (Wildman–Crippen LogP) is 1.30. The summed E-state index contributed by atoms with van der Waals surface area (Å²) in [6.07, 6.45) is 0.812. The zero-order chi connectivity index (χ0) is 20.4. The molecule has 0 saturated carbocycles. The van der Waals surface area contributed by atoms with Crippen LogP contribution in [0.15, 0.2) is 24.3 Å². The average Bonchev–Trinajstić information content (AvgIpc) is 2.62. The maximum Gasteiger partial charge on any atom is 0.319 e. The second kappa shape index (κ2) is 10.1. The molecule has 0 saturated heterocycles. The van der Waals surface area contributed by atoms with Gasteiger partial charge in [-0.15, -0.1) is 0 Å². The predicted molar refractivity (Wildman–Crippen MR) is 100 cm³/mol. The van der Waals surface area contributed by atoms with Crippen LogP contribution in [0.2, 0.25) is 0 Å². The van der Waals surface area contributed by atoms with Crippen LogP contribution >= 0.6 is 0 Å². The van der Waals surface area contributed by atoms with E-state index in [1.54, 1.807) is 32.0 Å². The number of rotatable bonds is 10. The third-order valence-electron chi connectivity index (χ3n) is 4.43. The number of carboxylic acids is 1. The first-order valence-corrected chi connectivity index (χ1v) is 8.69. The third kappa shape index (κ3) is 6.61. The average molecular weight is 378 g/mol. The van der Waals surface area contributed by atoms with Crippen LogP contribution < -0.4 is 21.7 Å². The molecule has 0 aromatic heterocycles. The minimum Gasteiger partial charge on any atom is -0.481 e. The van der Waals surface area contributed by atoms with E-state index in [0.29, 0.717) is 24.1 Å². The molecule has 0 fully saturated rings. The number of benzene rings is 1. The first-order chi connectivity index (χ1) is 12.7.